The van der Waals surface area contributed by atoms with E-state index in [1.807, 2.05) is 27.7 Å². The topological polar surface area (TPSA) is 270 Å². The van der Waals surface area contributed by atoms with E-state index in [-0.39, 0.29) is 37.8 Å². The smallest absolute Gasteiger partial charge is 0.326 e. The Morgan fingerprint density at radius 1 is 0.712 bits per heavy atom. The normalized spacial score (nSPS) is 19.1. The lowest BCUT2D eigenvalue weighted by molar-refractivity contribution is -0.145. The number of nitrogens with two attached hydrogens (primary N) is 1. The molecule has 2 saturated heterocycles. The summed E-state index contributed by atoms with van der Waals surface area (Å²) >= 11 is 0. The summed E-state index contributed by atoms with van der Waals surface area (Å²) in [5, 5.41) is 32.5. The molecule has 7 atom stereocenters. The number of aliphatic hydroxyl groups excluding tert-OH is 1. The van der Waals surface area contributed by atoms with E-state index in [0.717, 1.165) is 0 Å². The Balaban J connectivity index is 1.64. The van der Waals surface area contributed by atoms with Crippen molar-refractivity contribution in [1.29, 1.82) is 0 Å². The number of aliphatic carboxylic acids is 1. The van der Waals surface area contributed by atoms with Crippen LogP contribution in [0.15, 0.2) is 30.3 Å². The van der Waals surface area contributed by atoms with Crippen molar-refractivity contribution in [2.75, 3.05) is 26.2 Å². The summed E-state index contributed by atoms with van der Waals surface area (Å²) in [6, 6.07) is 1.35. The molecule has 328 valence electrons. The highest BCUT2D eigenvalue weighted by molar-refractivity contribution is 5.97. The third-order valence-electron chi connectivity index (χ3n) is 10.5. The first-order chi connectivity index (χ1) is 27.8. The number of carbonyl (C=O) groups excluding carboxylic acids is 7. The van der Waals surface area contributed by atoms with Crippen LogP contribution in [0.25, 0.3) is 0 Å². The third-order valence-corrected chi connectivity index (χ3v) is 10.5. The Hall–Kier alpha value is -5.10. The SMILES string of the molecule is CC(C)CC(N)C(=O)NC(CO)C(=O)NCC(=O)N1CCCC1C(=O)NC(C(=O)N1CCCC1C(=O)NC(CC(C)C)C(=O)NC(Cc1ccccc1)C(=O)O)C(C)C. The van der Waals surface area contributed by atoms with E-state index >= 15 is 0 Å². The van der Waals surface area contributed by atoms with Crippen molar-refractivity contribution >= 4 is 47.3 Å². The number of hydrogen-bond donors (Lipinski definition) is 8. The molecule has 0 spiro atoms. The monoisotopic (exact) mass is 828 g/mol. The molecule has 2 aliphatic rings. The summed E-state index contributed by atoms with van der Waals surface area (Å²) in [4.78, 5) is 108. The second-order valence-electron chi connectivity index (χ2n) is 16.6. The summed E-state index contributed by atoms with van der Waals surface area (Å²) in [5.74, 6) is -5.87. The van der Waals surface area contributed by atoms with Crippen molar-refractivity contribution in [3.8, 4) is 0 Å². The van der Waals surface area contributed by atoms with Crippen LogP contribution in [0, 0.1) is 17.8 Å². The van der Waals surface area contributed by atoms with Gasteiger partial charge in [0.1, 0.15) is 36.3 Å². The minimum Gasteiger partial charge on any atom is -0.480 e. The van der Waals surface area contributed by atoms with E-state index in [2.05, 4.69) is 26.6 Å². The van der Waals surface area contributed by atoms with E-state index in [0.29, 0.717) is 37.7 Å². The van der Waals surface area contributed by atoms with Crippen LogP contribution in [0.4, 0.5) is 0 Å². The average Bonchev–Trinajstić information content (AvgIpc) is 3.88. The third kappa shape index (κ3) is 14.3. The van der Waals surface area contributed by atoms with Crippen LogP contribution in [-0.4, -0.2) is 136 Å². The standard InChI is InChI=1S/C41H64N8O10/c1-23(2)18-27(42)35(52)46-30(22-50)36(53)43-21-33(51)48-16-10-14-31(48)39(56)47-34(25(5)6)40(57)49-17-11-15-32(49)38(55)44-28(19-24(3)4)37(54)45-29(41(58)59)20-26-12-8-7-9-13-26/h7-9,12-13,23-25,27-32,34,50H,10-11,14-22,42H2,1-6H3,(H,43,53)(H,44,55)(H,45,54)(H,46,52)(H,47,56)(H,58,59). The second-order valence-corrected chi connectivity index (χ2v) is 16.6. The molecule has 9 N–H and O–H groups in total. The predicted octanol–water partition coefficient (Wildman–Crippen LogP) is -0.581. The number of nitrogens with zero attached hydrogens (tertiary/aromatic N) is 2. The summed E-state index contributed by atoms with van der Waals surface area (Å²) in [5.41, 5.74) is 6.60. The van der Waals surface area contributed by atoms with Crippen molar-refractivity contribution < 1.29 is 48.6 Å². The van der Waals surface area contributed by atoms with Gasteiger partial charge in [0.05, 0.1) is 19.2 Å². The molecular formula is C41H64N8O10. The zero-order valence-electron chi connectivity index (χ0n) is 35.1. The van der Waals surface area contributed by atoms with Gasteiger partial charge in [0, 0.05) is 19.5 Å². The summed E-state index contributed by atoms with van der Waals surface area (Å²) in [6.45, 7) is 10.2. The van der Waals surface area contributed by atoms with Gasteiger partial charge in [-0.3, -0.25) is 33.6 Å². The molecule has 59 heavy (non-hydrogen) atoms. The lowest BCUT2D eigenvalue weighted by Crippen LogP contribution is -2.59. The van der Waals surface area contributed by atoms with Gasteiger partial charge in [0.15, 0.2) is 0 Å². The molecule has 2 heterocycles. The van der Waals surface area contributed by atoms with Gasteiger partial charge in [-0.1, -0.05) is 71.9 Å². The minimum absolute atomic E-state index is 0.0431. The summed E-state index contributed by atoms with van der Waals surface area (Å²) in [6.07, 6.45) is 2.21. The Kier molecular flexibility index (Phi) is 18.7. The Morgan fingerprint density at radius 2 is 1.27 bits per heavy atom. The first-order valence-corrected chi connectivity index (χ1v) is 20.6. The highest BCUT2D eigenvalue weighted by atomic mass is 16.4. The molecule has 0 aromatic heterocycles. The van der Waals surface area contributed by atoms with Gasteiger partial charge in [0.2, 0.25) is 41.4 Å². The quantitative estimate of drug-likeness (QED) is 0.0777. The number of rotatable bonds is 21. The number of carbonyl (C=O) groups is 8. The number of likely N-dealkylation sites (tertiary alicyclic amines) is 2. The molecule has 2 fully saturated rings. The largest absolute Gasteiger partial charge is 0.480 e. The molecule has 2 aliphatic heterocycles. The van der Waals surface area contributed by atoms with Crippen molar-refractivity contribution in [3.63, 3.8) is 0 Å². The van der Waals surface area contributed by atoms with E-state index in [9.17, 15) is 48.6 Å². The summed E-state index contributed by atoms with van der Waals surface area (Å²) in [7, 11) is 0. The van der Waals surface area contributed by atoms with Gasteiger partial charge < -0.3 is 52.3 Å². The number of hydrogen-bond acceptors (Lipinski definition) is 10. The average molecular weight is 829 g/mol. The van der Waals surface area contributed by atoms with Gasteiger partial charge in [-0.2, -0.15) is 0 Å². The van der Waals surface area contributed by atoms with Crippen LogP contribution < -0.4 is 32.3 Å². The maximum absolute atomic E-state index is 14.1. The number of aliphatic hydroxyl groups is 1. The van der Waals surface area contributed by atoms with E-state index in [4.69, 9.17) is 5.73 Å². The molecule has 1 aromatic rings. The van der Waals surface area contributed by atoms with Crippen LogP contribution in [-0.2, 0) is 44.8 Å². The van der Waals surface area contributed by atoms with E-state index in [1.54, 1.807) is 44.2 Å². The van der Waals surface area contributed by atoms with Crippen LogP contribution in [0.2, 0.25) is 0 Å². The molecule has 7 unspecified atom stereocenters. The molecule has 0 bridgehead atoms. The lowest BCUT2D eigenvalue weighted by atomic mass is 10.00. The van der Waals surface area contributed by atoms with Crippen molar-refractivity contribution in [1.82, 2.24) is 36.4 Å². The predicted molar refractivity (Wildman–Crippen MR) is 217 cm³/mol. The van der Waals surface area contributed by atoms with Crippen molar-refractivity contribution in [2.45, 2.75) is 129 Å². The van der Waals surface area contributed by atoms with Gasteiger partial charge in [0.25, 0.3) is 0 Å². The highest BCUT2D eigenvalue weighted by Crippen LogP contribution is 2.23. The number of carboxylic acid groups (broad SMARTS) is 1. The fourth-order valence-corrected chi connectivity index (χ4v) is 7.35. The second kappa shape index (κ2) is 22.9. The van der Waals surface area contributed by atoms with Crippen LogP contribution in [0.5, 0.6) is 0 Å². The fraction of sp³-hybridized carbons (Fsp3) is 0.659. The van der Waals surface area contributed by atoms with Gasteiger partial charge in [-0.05, 0) is 61.8 Å². The maximum atomic E-state index is 14.1. The fourth-order valence-electron chi connectivity index (χ4n) is 7.35. The number of amides is 7. The lowest BCUT2D eigenvalue weighted by Gasteiger charge is -2.33. The Morgan fingerprint density at radius 3 is 1.83 bits per heavy atom. The van der Waals surface area contributed by atoms with Gasteiger partial charge in [-0.15, -0.1) is 0 Å². The molecule has 0 saturated carbocycles. The number of carboxylic acids is 1. The molecule has 0 aliphatic carbocycles. The first-order valence-electron chi connectivity index (χ1n) is 20.6. The zero-order valence-corrected chi connectivity index (χ0v) is 35.1. The van der Waals surface area contributed by atoms with Gasteiger partial charge in [-0.25, -0.2) is 4.79 Å². The maximum Gasteiger partial charge on any atom is 0.326 e. The van der Waals surface area contributed by atoms with Crippen molar-refractivity contribution in [2.24, 2.45) is 23.5 Å². The minimum atomic E-state index is -1.34. The molecule has 7 amide bonds. The van der Waals surface area contributed by atoms with Crippen molar-refractivity contribution in [3.05, 3.63) is 35.9 Å². The van der Waals surface area contributed by atoms with Gasteiger partial charge >= 0.3 is 5.97 Å². The number of nitrogens with one attached hydrogen (secondary N) is 5. The van der Waals surface area contributed by atoms with Crippen LogP contribution in [0.3, 0.4) is 0 Å². The first kappa shape index (κ1) is 48.3. The van der Waals surface area contributed by atoms with Crippen LogP contribution >= 0.6 is 0 Å². The molecule has 1 aromatic carbocycles. The highest BCUT2D eigenvalue weighted by Gasteiger charge is 2.42. The van der Waals surface area contributed by atoms with E-state index < -0.39 is 109 Å². The zero-order chi connectivity index (χ0) is 44.0. The Labute approximate surface area is 346 Å². The molecular weight excluding hydrogens is 764 g/mol. The molecule has 18 heteroatoms. The van der Waals surface area contributed by atoms with Crippen LogP contribution in [0.1, 0.15) is 85.6 Å². The summed E-state index contributed by atoms with van der Waals surface area (Å²) < 4.78 is 0. The number of benzene rings is 1. The molecule has 18 nitrogen and oxygen atoms in total. The van der Waals surface area contributed by atoms with E-state index in [1.165, 1.54) is 9.80 Å². The molecule has 3 rings (SSSR count). The Bertz CT molecular complexity index is 1640. The molecule has 0 radical (unpaired) electrons.